The zero-order valence-electron chi connectivity index (χ0n) is 16.3. The molecule has 2 aromatic carbocycles. The number of nitrogens with one attached hydrogen (secondary N) is 2. The topological polar surface area (TPSA) is 96.9 Å². The summed E-state index contributed by atoms with van der Waals surface area (Å²) in [4.78, 5) is 16.8. The van der Waals surface area contributed by atoms with Gasteiger partial charge in [-0.15, -0.1) is 0 Å². The van der Waals surface area contributed by atoms with Gasteiger partial charge in [-0.2, -0.15) is 0 Å². The Kier molecular flexibility index (Phi) is 6.87. The minimum Gasteiger partial charge on any atom is -0.492 e. The number of ether oxygens (including phenoxy) is 1. The van der Waals surface area contributed by atoms with Crippen LogP contribution in [0.2, 0.25) is 0 Å². The van der Waals surface area contributed by atoms with E-state index >= 15 is 0 Å². The summed E-state index contributed by atoms with van der Waals surface area (Å²) in [6.07, 6.45) is 2.74. The number of hydrogen-bond donors (Lipinski definition) is 2. The Morgan fingerprint density at radius 1 is 1.07 bits per heavy atom. The molecule has 0 saturated heterocycles. The summed E-state index contributed by atoms with van der Waals surface area (Å²) in [5, 5.41) is 2.88. The lowest BCUT2D eigenvalue weighted by Crippen LogP contribution is -2.22. The van der Waals surface area contributed by atoms with Gasteiger partial charge in [0.25, 0.3) is 10.0 Å². The first-order chi connectivity index (χ1) is 14.0. The summed E-state index contributed by atoms with van der Waals surface area (Å²) in [5.74, 6) is 1.00. The van der Waals surface area contributed by atoms with Gasteiger partial charge in [-0.05, 0) is 44.0 Å². The molecule has 0 spiro atoms. The molecule has 0 atom stereocenters. The lowest BCUT2D eigenvalue weighted by molar-refractivity contribution is -0.116. The van der Waals surface area contributed by atoms with Gasteiger partial charge in [-0.1, -0.05) is 30.7 Å². The van der Waals surface area contributed by atoms with Crippen molar-refractivity contribution >= 4 is 27.5 Å². The monoisotopic (exact) mass is 415 g/mol. The van der Waals surface area contributed by atoms with Crippen molar-refractivity contribution in [3.8, 4) is 5.75 Å². The van der Waals surface area contributed by atoms with E-state index in [-0.39, 0.29) is 10.8 Å². The smallest absolute Gasteiger partial charge is 0.263 e. The van der Waals surface area contributed by atoms with Crippen LogP contribution >= 0.6 is 0 Å². The fourth-order valence-corrected chi connectivity index (χ4v) is 4.33. The summed E-state index contributed by atoms with van der Waals surface area (Å²) in [5.41, 5.74) is 1.29. The van der Waals surface area contributed by atoms with E-state index in [1.54, 1.807) is 24.3 Å². The zero-order valence-corrected chi connectivity index (χ0v) is 17.2. The molecular formula is C21H25N3O4S. The van der Waals surface area contributed by atoms with Crippen molar-refractivity contribution in [2.75, 3.05) is 18.5 Å². The number of aliphatic imine (C=N–C) groups is 1. The molecule has 29 heavy (non-hydrogen) atoms. The lowest BCUT2D eigenvalue weighted by Gasteiger charge is -2.11. The number of para-hydroxylation sites is 2. The predicted octanol–water partition coefficient (Wildman–Crippen LogP) is 3.32. The third-order valence-electron chi connectivity index (χ3n) is 4.46. The van der Waals surface area contributed by atoms with Gasteiger partial charge in [-0.25, -0.2) is 8.42 Å². The SMILES string of the molecule is CCOc1ccccc1NC(=O)CCCCCN=C1NS(=O)(=O)c2ccccc21. The Labute approximate surface area is 171 Å². The van der Waals surface area contributed by atoms with Crippen molar-refractivity contribution in [2.24, 2.45) is 4.99 Å². The number of carbonyl (C=O) groups excluding carboxylic acids is 1. The second-order valence-electron chi connectivity index (χ2n) is 6.62. The van der Waals surface area contributed by atoms with Crippen LogP contribution in [-0.4, -0.2) is 33.3 Å². The van der Waals surface area contributed by atoms with Crippen LogP contribution < -0.4 is 14.8 Å². The van der Waals surface area contributed by atoms with E-state index < -0.39 is 10.0 Å². The average Bonchev–Trinajstić information content (AvgIpc) is 2.97. The largest absolute Gasteiger partial charge is 0.492 e. The van der Waals surface area contributed by atoms with Gasteiger partial charge < -0.3 is 10.1 Å². The molecule has 0 aliphatic carbocycles. The number of anilines is 1. The zero-order chi connectivity index (χ0) is 20.7. The van der Waals surface area contributed by atoms with Crippen molar-refractivity contribution < 1.29 is 17.9 Å². The lowest BCUT2D eigenvalue weighted by atomic mass is 10.1. The molecule has 154 valence electrons. The fraction of sp³-hybridized carbons (Fsp3) is 0.333. The van der Waals surface area contributed by atoms with E-state index in [2.05, 4.69) is 15.0 Å². The maximum Gasteiger partial charge on any atom is 0.263 e. The van der Waals surface area contributed by atoms with Gasteiger partial charge >= 0.3 is 0 Å². The summed E-state index contributed by atoms with van der Waals surface area (Å²) in [7, 11) is -3.49. The highest BCUT2D eigenvalue weighted by molar-refractivity contribution is 7.90. The van der Waals surface area contributed by atoms with Crippen LogP contribution in [0.5, 0.6) is 5.75 Å². The molecular weight excluding hydrogens is 390 g/mol. The summed E-state index contributed by atoms with van der Waals surface area (Å²) < 4.78 is 32.1. The highest BCUT2D eigenvalue weighted by Gasteiger charge is 2.29. The molecule has 1 amide bonds. The molecule has 1 heterocycles. The maximum absolute atomic E-state index is 12.1. The molecule has 1 aliphatic heterocycles. The number of amidine groups is 1. The van der Waals surface area contributed by atoms with E-state index in [9.17, 15) is 13.2 Å². The number of unbranched alkanes of at least 4 members (excludes halogenated alkanes) is 2. The van der Waals surface area contributed by atoms with Gasteiger partial charge in [0, 0.05) is 18.5 Å². The summed E-state index contributed by atoms with van der Waals surface area (Å²) in [6.45, 7) is 2.94. The van der Waals surface area contributed by atoms with Gasteiger partial charge in [0.15, 0.2) is 0 Å². The highest BCUT2D eigenvalue weighted by Crippen LogP contribution is 2.24. The quantitative estimate of drug-likeness (QED) is 0.614. The molecule has 1 aliphatic rings. The number of carbonyl (C=O) groups is 1. The number of fused-ring (bicyclic) bond motifs is 1. The van der Waals surface area contributed by atoms with Gasteiger partial charge in [0.05, 0.1) is 17.2 Å². The third kappa shape index (κ3) is 5.35. The number of nitrogens with zero attached hydrogens (tertiary/aromatic N) is 1. The molecule has 0 unspecified atom stereocenters. The number of sulfonamides is 1. The first-order valence-electron chi connectivity index (χ1n) is 9.69. The molecule has 0 aromatic heterocycles. The standard InChI is InChI=1S/C21H25N3O4S/c1-2-28-18-12-7-6-11-17(18)23-20(25)14-4-3-9-15-22-21-16-10-5-8-13-19(16)29(26,27)24-21/h5-8,10-13H,2-4,9,14-15H2,1H3,(H,22,24)(H,23,25). The van der Waals surface area contributed by atoms with Crippen molar-refractivity contribution in [1.82, 2.24) is 4.72 Å². The molecule has 0 bridgehead atoms. The van der Waals surface area contributed by atoms with Crippen LogP contribution in [0.25, 0.3) is 0 Å². The minimum absolute atomic E-state index is 0.0547. The van der Waals surface area contributed by atoms with E-state index in [0.717, 1.165) is 19.3 Å². The predicted molar refractivity (Wildman–Crippen MR) is 113 cm³/mol. The van der Waals surface area contributed by atoms with Gasteiger partial charge in [0.1, 0.15) is 11.6 Å². The second kappa shape index (κ2) is 9.56. The molecule has 0 fully saturated rings. The Hall–Kier alpha value is -2.87. The first-order valence-corrected chi connectivity index (χ1v) is 11.2. The van der Waals surface area contributed by atoms with Crippen molar-refractivity contribution in [2.45, 2.75) is 37.5 Å². The summed E-state index contributed by atoms with van der Waals surface area (Å²) >= 11 is 0. The minimum atomic E-state index is -3.49. The highest BCUT2D eigenvalue weighted by atomic mass is 32.2. The Balaban J connectivity index is 1.42. The molecule has 2 N–H and O–H groups in total. The van der Waals surface area contributed by atoms with Crippen LogP contribution in [0.15, 0.2) is 58.4 Å². The molecule has 0 radical (unpaired) electrons. The van der Waals surface area contributed by atoms with Crippen LogP contribution in [0.3, 0.4) is 0 Å². The Morgan fingerprint density at radius 3 is 2.66 bits per heavy atom. The van der Waals surface area contributed by atoms with E-state index in [4.69, 9.17) is 4.74 Å². The van der Waals surface area contributed by atoms with Crippen LogP contribution in [0, 0.1) is 0 Å². The normalized spacial score (nSPS) is 15.6. The Morgan fingerprint density at radius 2 is 1.83 bits per heavy atom. The fourth-order valence-electron chi connectivity index (χ4n) is 3.08. The van der Waals surface area contributed by atoms with Crippen LogP contribution in [0.4, 0.5) is 5.69 Å². The molecule has 0 saturated carbocycles. The number of rotatable bonds is 9. The number of benzene rings is 2. The maximum atomic E-state index is 12.1. The first kappa shape index (κ1) is 20.9. The number of hydrogen-bond acceptors (Lipinski definition) is 5. The molecule has 8 heteroatoms. The van der Waals surface area contributed by atoms with Crippen LogP contribution in [0.1, 0.15) is 38.2 Å². The van der Waals surface area contributed by atoms with Crippen molar-refractivity contribution in [3.05, 3.63) is 54.1 Å². The molecule has 2 aromatic rings. The van der Waals surface area contributed by atoms with E-state index in [1.165, 1.54) is 0 Å². The summed E-state index contributed by atoms with van der Waals surface area (Å²) in [6, 6.07) is 14.2. The van der Waals surface area contributed by atoms with Gasteiger partial charge in [0.2, 0.25) is 5.91 Å². The van der Waals surface area contributed by atoms with Crippen LogP contribution in [-0.2, 0) is 14.8 Å². The Bertz CT molecular complexity index is 1000. The van der Waals surface area contributed by atoms with E-state index in [1.807, 2.05) is 31.2 Å². The van der Waals surface area contributed by atoms with Crippen molar-refractivity contribution in [3.63, 3.8) is 0 Å². The van der Waals surface area contributed by atoms with E-state index in [0.29, 0.717) is 42.4 Å². The second-order valence-corrected chi connectivity index (χ2v) is 8.27. The molecule has 7 nitrogen and oxygen atoms in total. The third-order valence-corrected chi connectivity index (χ3v) is 5.85. The van der Waals surface area contributed by atoms with Crippen molar-refractivity contribution in [1.29, 1.82) is 0 Å². The molecule has 3 rings (SSSR count). The number of amides is 1. The van der Waals surface area contributed by atoms with Gasteiger partial charge in [-0.3, -0.25) is 14.5 Å². The average molecular weight is 416 g/mol.